The fourth-order valence-corrected chi connectivity index (χ4v) is 1.84. The molecule has 0 saturated carbocycles. The Morgan fingerprint density at radius 3 is 2.46 bits per heavy atom. The predicted octanol–water partition coefficient (Wildman–Crippen LogP) is 3.85. The van der Waals surface area contributed by atoms with Gasteiger partial charge in [0.15, 0.2) is 0 Å². The molecule has 0 aliphatic carbocycles. The van der Waals surface area contributed by atoms with Gasteiger partial charge in [0.1, 0.15) is 5.75 Å². The third-order valence-corrected chi connectivity index (χ3v) is 3.16. The number of carbonyl (C=O) groups excluding carboxylic acids is 1. The molecule has 0 aliphatic heterocycles. The average molecular weight is 325 g/mol. The minimum absolute atomic E-state index is 0.0398. The summed E-state index contributed by atoms with van der Waals surface area (Å²) in [6, 6.07) is 12.3. The number of anilines is 1. The molecule has 2 aromatic carbocycles. The van der Waals surface area contributed by atoms with Crippen LogP contribution in [0.4, 0.5) is 11.4 Å². The van der Waals surface area contributed by atoms with Gasteiger partial charge in [-0.15, -0.1) is 0 Å². The molecule has 1 amide bonds. The number of nitrogens with zero attached hydrogens (tertiary/aromatic N) is 2. The molecule has 122 valence electrons. The highest BCUT2D eigenvalue weighted by atomic mass is 16.6. The Labute approximate surface area is 138 Å². The van der Waals surface area contributed by atoms with Crippen LogP contribution in [0.1, 0.15) is 19.4 Å². The van der Waals surface area contributed by atoms with Crippen LogP contribution >= 0.6 is 0 Å². The summed E-state index contributed by atoms with van der Waals surface area (Å²) in [7, 11) is 0. The van der Waals surface area contributed by atoms with E-state index in [0.717, 1.165) is 6.07 Å². The number of nitriles is 1. The van der Waals surface area contributed by atoms with E-state index >= 15 is 0 Å². The first-order chi connectivity index (χ1) is 11.4. The van der Waals surface area contributed by atoms with Crippen LogP contribution in [0.5, 0.6) is 11.5 Å². The Kier molecular flexibility index (Phi) is 5.12. The summed E-state index contributed by atoms with van der Waals surface area (Å²) < 4.78 is 5.51. The van der Waals surface area contributed by atoms with Crippen molar-refractivity contribution in [3.05, 3.63) is 58.1 Å². The summed E-state index contributed by atoms with van der Waals surface area (Å²) in [5, 5.41) is 22.6. The predicted molar refractivity (Wildman–Crippen MR) is 87.8 cm³/mol. The van der Waals surface area contributed by atoms with Crippen LogP contribution in [0.2, 0.25) is 0 Å². The molecule has 0 bridgehead atoms. The molecule has 7 heteroatoms. The van der Waals surface area contributed by atoms with Gasteiger partial charge in [0.05, 0.1) is 16.6 Å². The van der Waals surface area contributed by atoms with Crippen molar-refractivity contribution in [2.45, 2.75) is 13.8 Å². The van der Waals surface area contributed by atoms with Gasteiger partial charge in [-0.1, -0.05) is 13.8 Å². The summed E-state index contributed by atoms with van der Waals surface area (Å²) in [6.45, 7) is 3.58. The number of hydrogen-bond acceptors (Lipinski definition) is 5. The lowest BCUT2D eigenvalue weighted by molar-refractivity contribution is -0.385. The van der Waals surface area contributed by atoms with Crippen LogP contribution < -0.4 is 10.1 Å². The van der Waals surface area contributed by atoms with Crippen LogP contribution in [0, 0.1) is 27.4 Å². The summed E-state index contributed by atoms with van der Waals surface area (Å²) in [4.78, 5) is 22.1. The molecule has 0 saturated heterocycles. The second-order valence-electron chi connectivity index (χ2n) is 5.32. The van der Waals surface area contributed by atoms with Crippen molar-refractivity contribution in [1.29, 1.82) is 5.26 Å². The van der Waals surface area contributed by atoms with Gasteiger partial charge < -0.3 is 10.1 Å². The van der Waals surface area contributed by atoms with Gasteiger partial charge in [-0.05, 0) is 36.4 Å². The van der Waals surface area contributed by atoms with Gasteiger partial charge in [0.25, 0.3) is 0 Å². The number of rotatable bonds is 5. The fraction of sp³-hybridized carbons (Fsp3) is 0.176. The van der Waals surface area contributed by atoms with Gasteiger partial charge in [0.2, 0.25) is 11.7 Å². The topological polar surface area (TPSA) is 105 Å². The first-order valence-corrected chi connectivity index (χ1v) is 7.18. The van der Waals surface area contributed by atoms with Gasteiger partial charge in [-0.25, -0.2) is 0 Å². The maximum atomic E-state index is 11.6. The molecule has 1 N–H and O–H groups in total. The van der Waals surface area contributed by atoms with Crippen molar-refractivity contribution >= 4 is 17.3 Å². The minimum atomic E-state index is -0.604. The number of nitro groups is 1. The smallest absolute Gasteiger partial charge is 0.312 e. The zero-order chi connectivity index (χ0) is 17.7. The monoisotopic (exact) mass is 325 g/mol. The highest BCUT2D eigenvalue weighted by Crippen LogP contribution is 2.32. The molecule has 0 spiro atoms. The lowest BCUT2D eigenvalue weighted by Crippen LogP contribution is -2.17. The number of benzene rings is 2. The molecule has 0 aliphatic rings. The molecule has 7 nitrogen and oxygen atoms in total. The Bertz CT molecular complexity index is 808. The Balaban J connectivity index is 2.19. The van der Waals surface area contributed by atoms with Gasteiger partial charge >= 0.3 is 5.69 Å². The molecule has 0 unspecified atom stereocenters. The summed E-state index contributed by atoms with van der Waals surface area (Å²) >= 11 is 0. The van der Waals surface area contributed by atoms with Crippen molar-refractivity contribution in [2.75, 3.05) is 5.32 Å². The zero-order valence-corrected chi connectivity index (χ0v) is 13.1. The molecule has 24 heavy (non-hydrogen) atoms. The van der Waals surface area contributed by atoms with Crippen LogP contribution in [0.15, 0.2) is 42.5 Å². The van der Waals surface area contributed by atoms with Gasteiger partial charge in [-0.2, -0.15) is 5.26 Å². The molecule has 0 fully saturated rings. The molecule has 2 aromatic rings. The van der Waals surface area contributed by atoms with Crippen molar-refractivity contribution in [2.24, 2.45) is 5.92 Å². The van der Waals surface area contributed by atoms with E-state index in [9.17, 15) is 14.9 Å². The van der Waals surface area contributed by atoms with Crippen LogP contribution in [-0.4, -0.2) is 10.8 Å². The Hall–Kier alpha value is -3.40. The standard InChI is InChI=1S/C17H15N3O4/c1-11(2)17(21)19-13-4-6-14(7-5-13)24-16-8-3-12(10-18)9-15(16)20(22)23/h3-9,11H,1-2H3,(H,19,21). The normalized spacial score (nSPS) is 10.1. The van der Waals surface area contributed by atoms with Gasteiger partial charge in [0, 0.05) is 17.7 Å². The zero-order valence-electron chi connectivity index (χ0n) is 13.1. The molecule has 0 atom stereocenters. The van der Waals surface area contributed by atoms with E-state index in [2.05, 4.69) is 5.32 Å². The van der Waals surface area contributed by atoms with E-state index in [1.165, 1.54) is 12.1 Å². The molecular formula is C17H15N3O4. The van der Waals surface area contributed by atoms with Crippen LogP contribution in [0.3, 0.4) is 0 Å². The van der Waals surface area contributed by atoms with Crippen molar-refractivity contribution in [3.63, 3.8) is 0 Å². The maximum absolute atomic E-state index is 11.6. The van der Waals surface area contributed by atoms with E-state index in [4.69, 9.17) is 10.00 Å². The molecule has 2 rings (SSSR count). The lowest BCUT2D eigenvalue weighted by Gasteiger charge is -2.09. The number of hydrogen-bond donors (Lipinski definition) is 1. The SMILES string of the molecule is CC(C)C(=O)Nc1ccc(Oc2ccc(C#N)cc2[N+](=O)[O-])cc1. The first kappa shape index (κ1) is 17.0. The third-order valence-electron chi connectivity index (χ3n) is 3.16. The fourth-order valence-electron chi connectivity index (χ4n) is 1.84. The lowest BCUT2D eigenvalue weighted by atomic mass is 10.2. The van der Waals surface area contributed by atoms with E-state index in [0.29, 0.717) is 11.4 Å². The van der Waals surface area contributed by atoms with Crippen LogP contribution in [0.25, 0.3) is 0 Å². The average Bonchev–Trinajstić information content (AvgIpc) is 2.56. The van der Waals surface area contributed by atoms with E-state index in [1.807, 2.05) is 6.07 Å². The van der Waals surface area contributed by atoms with Crippen LogP contribution in [-0.2, 0) is 4.79 Å². The van der Waals surface area contributed by atoms with E-state index in [1.54, 1.807) is 38.1 Å². The summed E-state index contributed by atoms with van der Waals surface area (Å²) in [5.41, 5.74) is 0.502. The molecule has 0 heterocycles. The second kappa shape index (κ2) is 7.24. The Morgan fingerprint density at radius 2 is 1.92 bits per heavy atom. The number of ether oxygens (including phenoxy) is 1. The van der Waals surface area contributed by atoms with Gasteiger partial charge in [-0.3, -0.25) is 14.9 Å². The van der Waals surface area contributed by atoms with Crippen molar-refractivity contribution in [1.82, 2.24) is 0 Å². The Morgan fingerprint density at radius 1 is 1.25 bits per heavy atom. The number of nitrogens with one attached hydrogen (secondary N) is 1. The first-order valence-electron chi connectivity index (χ1n) is 7.18. The maximum Gasteiger partial charge on any atom is 0.312 e. The minimum Gasteiger partial charge on any atom is -0.450 e. The highest BCUT2D eigenvalue weighted by molar-refractivity contribution is 5.92. The summed E-state index contributed by atoms with van der Waals surface area (Å²) in [5.74, 6) is 0.178. The molecule has 0 aromatic heterocycles. The third kappa shape index (κ3) is 4.08. The highest BCUT2D eigenvalue weighted by Gasteiger charge is 2.17. The number of amides is 1. The summed E-state index contributed by atoms with van der Waals surface area (Å²) in [6.07, 6.45) is 0. The molecule has 0 radical (unpaired) electrons. The number of nitro benzene ring substituents is 1. The second-order valence-corrected chi connectivity index (χ2v) is 5.32. The quantitative estimate of drug-likeness (QED) is 0.664. The van der Waals surface area contributed by atoms with E-state index < -0.39 is 4.92 Å². The van der Waals surface area contributed by atoms with Crippen molar-refractivity contribution < 1.29 is 14.5 Å². The van der Waals surface area contributed by atoms with E-state index in [-0.39, 0.29) is 28.8 Å². The largest absolute Gasteiger partial charge is 0.450 e. The number of carbonyl (C=O) groups is 1. The van der Waals surface area contributed by atoms with Crippen molar-refractivity contribution in [3.8, 4) is 17.6 Å². The molecular weight excluding hydrogens is 310 g/mol.